The van der Waals surface area contributed by atoms with E-state index in [0.29, 0.717) is 6.04 Å². The molecule has 0 amide bonds. The second-order valence-electron chi connectivity index (χ2n) is 8.86. The Morgan fingerprint density at radius 2 is 1.82 bits per heavy atom. The highest BCUT2D eigenvalue weighted by Gasteiger charge is 2.19. The smallest absolute Gasteiger partial charge is 0.123 e. The first-order valence-corrected chi connectivity index (χ1v) is 11.6. The zero-order valence-corrected chi connectivity index (χ0v) is 18.9. The van der Waals surface area contributed by atoms with E-state index in [2.05, 4.69) is 33.1 Å². The molecule has 1 fully saturated rings. The number of benzene rings is 3. The summed E-state index contributed by atoms with van der Waals surface area (Å²) < 4.78 is 15.9. The number of hydrogen-bond acceptors (Lipinski definition) is 4. The van der Waals surface area contributed by atoms with Gasteiger partial charge in [0.05, 0.1) is 51.4 Å². The Balaban J connectivity index is 1.63. The predicted octanol–water partition coefficient (Wildman–Crippen LogP) is 6.17. The van der Waals surface area contributed by atoms with Crippen LogP contribution in [0.1, 0.15) is 24.8 Å². The molecule has 0 atom stereocenters. The number of aromatic nitrogens is 3. The normalized spacial score (nSPS) is 14.5. The van der Waals surface area contributed by atoms with Crippen molar-refractivity contribution < 1.29 is 4.39 Å². The molecule has 34 heavy (non-hydrogen) atoms. The minimum Gasteiger partial charge on any atom is -0.352 e. The summed E-state index contributed by atoms with van der Waals surface area (Å²) in [5.74, 6) is -0.258. The Bertz CT molecular complexity index is 1530. The number of fused-ring (bicyclic) bond motifs is 2. The molecule has 3 aliphatic rings. The van der Waals surface area contributed by atoms with Crippen LogP contribution in [-0.4, -0.2) is 20.6 Å². The number of nitrogens with one attached hydrogen (secondary N) is 1. The Morgan fingerprint density at radius 3 is 2.59 bits per heavy atom. The molecule has 1 N–H and O–H groups in total. The van der Waals surface area contributed by atoms with Gasteiger partial charge in [-0.2, -0.15) is 0 Å². The average molecular weight is 450 g/mol. The minimum absolute atomic E-state index is 0.258. The van der Waals surface area contributed by atoms with Gasteiger partial charge in [0, 0.05) is 11.9 Å². The van der Waals surface area contributed by atoms with Crippen molar-refractivity contribution in [3.8, 4) is 17.1 Å². The van der Waals surface area contributed by atoms with Crippen LogP contribution in [0.5, 0.6) is 0 Å². The summed E-state index contributed by atoms with van der Waals surface area (Å²) in [6.07, 6.45) is 7.09. The zero-order chi connectivity index (χ0) is 23.1. The third kappa shape index (κ3) is 3.81. The zero-order valence-electron chi connectivity index (χ0n) is 18.9. The van der Waals surface area contributed by atoms with E-state index in [9.17, 15) is 4.39 Å². The van der Waals surface area contributed by atoms with Crippen LogP contribution in [0.3, 0.4) is 0 Å². The van der Waals surface area contributed by atoms with Crippen LogP contribution in [0.25, 0.3) is 28.1 Å². The molecule has 1 aliphatic heterocycles. The maximum absolute atomic E-state index is 13.7. The molecule has 2 aromatic carbocycles. The maximum atomic E-state index is 13.7. The van der Waals surface area contributed by atoms with Crippen molar-refractivity contribution in [2.45, 2.75) is 32.2 Å². The summed E-state index contributed by atoms with van der Waals surface area (Å²) in [5.41, 5.74) is 7.36. The van der Waals surface area contributed by atoms with E-state index in [0.717, 1.165) is 63.2 Å². The molecule has 5 nitrogen and oxygen atoms in total. The molecule has 168 valence electrons. The maximum Gasteiger partial charge on any atom is 0.123 e. The van der Waals surface area contributed by atoms with Gasteiger partial charge < -0.3 is 9.88 Å². The number of pyridine rings is 1. The SMILES string of the molecule is Cc1cncc(Nc2cc3nc4ccccc4n(-c4ccc(F)cc4)c-3cc2=NC2CCC2)c1. The van der Waals surface area contributed by atoms with E-state index in [1.165, 1.54) is 18.6 Å². The topological polar surface area (TPSA) is 55.1 Å². The summed E-state index contributed by atoms with van der Waals surface area (Å²) in [7, 11) is 0. The predicted molar refractivity (Wildman–Crippen MR) is 133 cm³/mol. The first-order valence-electron chi connectivity index (χ1n) is 11.6. The highest BCUT2D eigenvalue weighted by Crippen LogP contribution is 2.31. The van der Waals surface area contributed by atoms with Crippen LogP contribution in [0.4, 0.5) is 15.8 Å². The van der Waals surface area contributed by atoms with Gasteiger partial charge in [-0.05, 0) is 86.3 Å². The lowest BCUT2D eigenvalue weighted by Gasteiger charge is -2.23. The first kappa shape index (κ1) is 20.5. The number of halogens is 1. The Labute approximate surface area is 197 Å². The van der Waals surface area contributed by atoms with E-state index in [1.807, 2.05) is 43.6 Å². The Kier molecular flexibility index (Phi) is 5.06. The number of aryl methyl sites for hydroxylation is 1. The molecule has 6 rings (SSSR count). The molecule has 2 aliphatic carbocycles. The van der Waals surface area contributed by atoms with Gasteiger partial charge in [-0.15, -0.1) is 0 Å². The van der Waals surface area contributed by atoms with Gasteiger partial charge in [-0.3, -0.25) is 9.98 Å². The molecular weight excluding hydrogens is 425 g/mol. The van der Waals surface area contributed by atoms with Crippen molar-refractivity contribution >= 4 is 22.4 Å². The molecule has 6 heteroatoms. The van der Waals surface area contributed by atoms with Gasteiger partial charge in [-0.25, -0.2) is 9.37 Å². The van der Waals surface area contributed by atoms with Gasteiger partial charge in [0.25, 0.3) is 0 Å². The lowest BCUT2D eigenvalue weighted by Crippen LogP contribution is -2.22. The summed E-state index contributed by atoms with van der Waals surface area (Å²) in [6.45, 7) is 2.03. The highest BCUT2D eigenvalue weighted by molar-refractivity contribution is 5.84. The molecule has 1 aromatic heterocycles. The molecule has 0 radical (unpaired) electrons. The van der Waals surface area contributed by atoms with E-state index in [4.69, 9.17) is 9.98 Å². The minimum atomic E-state index is -0.258. The third-order valence-electron chi connectivity index (χ3n) is 6.33. The summed E-state index contributed by atoms with van der Waals surface area (Å²) in [6, 6.07) is 21.2. The average Bonchev–Trinajstić information content (AvgIpc) is 2.81. The fourth-order valence-corrected chi connectivity index (χ4v) is 4.41. The third-order valence-corrected chi connectivity index (χ3v) is 6.33. The molecule has 0 saturated heterocycles. The van der Waals surface area contributed by atoms with Gasteiger partial charge in [-0.1, -0.05) is 12.1 Å². The van der Waals surface area contributed by atoms with E-state index in [-0.39, 0.29) is 5.82 Å². The molecule has 0 spiro atoms. The van der Waals surface area contributed by atoms with E-state index in [1.54, 1.807) is 12.1 Å². The molecule has 0 bridgehead atoms. The van der Waals surface area contributed by atoms with Gasteiger partial charge >= 0.3 is 0 Å². The van der Waals surface area contributed by atoms with Crippen molar-refractivity contribution in [2.75, 3.05) is 5.32 Å². The largest absolute Gasteiger partial charge is 0.352 e. The number of anilines is 2. The lowest BCUT2D eigenvalue weighted by atomic mass is 9.94. The van der Waals surface area contributed by atoms with Gasteiger partial charge in [0.1, 0.15) is 5.82 Å². The van der Waals surface area contributed by atoms with Crippen LogP contribution in [0, 0.1) is 12.7 Å². The quantitative estimate of drug-likeness (QED) is 0.334. The first-order chi connectivity index (χ1) is 16.6. The van der Waals surface area contributed by atoms with Gasteiger partial charge in [0.2, 0.25) is 0 Å². The summed E-state index contributed by atoms with van der Waals surface area (Å²) >= 11 is 0. The summed E-state index contributed by atoms with van der Waals surface area (Å²) in [5, 5.41) is 4.41. The van der Waals surface area contributed by atoms with E-state index >= 15 is 0 Å². The Morgan fingerprint density at radius 1 is 1.00 bits per heavy atom. The van der Waals surface area contributed by atoms with Crippen molar-refractivity contribution in [1.82, 2.24) is 14.5 Å². The Hall–Kier alpha value is -4.06. The standard InChI is InChI=1S/C28H24FN5/c1-18-13-21(17-30-16-18)32-24-14-26-28(15-25(24)31-20-5-4-6-20)34(22-11-9-19(29)10-12-22)27-8-3-2-7-23(27)33-26/h2-3,7-17,20,32H,4-6H2,1H3. The molecule has 1 saturated carbocycles. The van der Waals surface area contributed by atoms with Crippen LogP contribution >= 0.6 is 0 Å². The van der Waals surface area contributed by atoms with Crippen molar-refractivity contribution in [1.29, 1.82) is 0 Å². The molecule has 0 unspecified atom stereocenters. The fourth-order valence-electron chi connectivity index (χ4n) is 4.41. The van der Waals surface area contributed by atoms with Crippen LogP contribution in [0.15, 0.2) is 84.1 Å². The molecule has 3 aromatic rings. The fraction of sp³-hybridized carbons (Fsp3) is 0.179. The van der Waals surface area contributed by atoms with Crippen LogP contribution in [-0.2, 0) is 0 Å². The van der Waals surface area contributed by atoms with Crippen LogP contribution < -0.4 is 10.7 Å². The summed E-state index contributed by atoms with van der Waals surface area (Å²) in [4.78, 5) is 14.4. The second kappa shape index (κ2) is 8.37. The number of rotatable bonds is 4. The lowest BCUT2D eigenvalue weighted by molar-refractivity contribution is 0.413. The number of nitrogens with zero attached hydrogens (tertiary/aromatic N) is 4. The molecular formula is C28H24FN5. The number of para-hydroxylation sites is 2. The van der Waals surface area contributed by atoms with Crippen molar-refractivity contribution in [3.63, 3.8) is 0 Å². The van der Waals surface area contributed by atoms with Crippen LogP contribution in [0.2, 0.25) is 0 Å². The second-order valence-corrected chi connectivity index (χ2v) is 8.86. The van der Waals surface area contributed by atoms with Gasteiger partial charge in [0.15, 0.2) is 0 Å². The van der Waals surface area contributed by atoms with Crippen molar-refractivity contribution in [2.24, 2.45) is 4.99 Å². The molecule has 2 heterocycles. The van der Waals surface area contributed by atoms with Crippen molar-refractivity contribution in [3.05, 3.63) is 95.9 Å². The highest BCUT2D eigenvalue weighted by atomic mass is 19.1. The number of hydrogen-bond donors (Lipinski definition) is 1. The monoisotopic (exact) mass is 449 g/mol. The van der Waals surface area contributed by atoms with E-state index < -0.39 is 0 Å².